The predicted molar refractivity (Wildman–Crippen MR) is 104 cm³/mol. The molecule has 1 aromatic rings. The number of amides is 1. The van der Waals surface area contributed by atoms with Gasteiger partial charge in [-0.1, -0.05) is 44.2 Å². The van der Waals surface area contributed by atoms with Gasteiger partial charge in [0.2, 0.25) is 5.91 Å². The van der Waals surface area contributed by atoms with Crippen molar-refractivity contribution in [3.8, 4) is 0 Å². The summed E-state index contributed by atoms with van der Waals surface area (Å²) in [6.45, 7) is 7.22. The van der Waals surface area contributed by atoms with Crippen LogP contribution in [0.5, 0.6) is 0 Å². The number of carbonyl (C=O) groups is 1. The van der Waals surface area contributed by atoms with Crippen molar-refractivity contribution >= 4 is 13.0 Å². The van der Waals surface area contributed by atoms with Crippen LogP contribution in [0.2, 0.25) is 0 Å². The molecule has 7 heteroatoms. The molecule has 6 nitrogen and oxygen atoms in total. The first-order valence-electron chi connectivity index (χ1n) is 9.93. The van der Waals surface area contributed by atoms with E-state index >= 15 is 0 Å². The van der Waals surface area contributed by atoms with E-state index in [2.05, 4.69) is 31.5 Å². The second kappa shape index (κ2) is 6.89. The van der Waals surface area contributed by atoms with Crippen LogP contribution in [0.25, 0.3) is 0 Å². The lowest BCUT2D eigenvalue weighted by atomic mass is 9.45. The first-order valence-corrected chi connectivity index (χ1v) is 9.93. The lowest BCUT2D eigenvalue weighted by molar-refractivity contribution is -0.185. The average molecular weight is 371 g/mol. The van der Waals surface area contributed by atoms with Crippen LogP contribution in [0, 0.1) is 17.3 Å². The van der Waals surface area contributed by atoms with Crippen LogP contribution in [0.15, 0.2) is 30.3 Å². The third-order valence-electron chi connectivity index (χ3n) is 7.05. The van der Waals surface area contributed by atoms with E-state index < -0.39 is 7.12 Å². The molecule has 1 aromatic carbocycles. The number of rotatable bonds is 6. The van der Waals surface area contributed by atoms with Crippen molar-refractivity contribution in [3.63, 3.8) is 0 Å². The molecule has 4 aliphatic rings. The Balaban J connectivity index is 1.43. The largest absolute Gasteiger partial charge is 0.483 e. The molecule has 3 aliphatic carbocycles. The molecular formula is C20H30BN3O3. The topological polar surface area (TPSA) is 85.6 Å². The Morgan fingerprint density at radius 2 is 2.07 bits per heavy atom. The SMILES string of the molecule is CC1(C)[C@@H]2C[C@H]1C1OB([C@@H](CNN)NC(=O)Cc3ccccc3)O[C@@]1(C)C2. The van der Waals surface area contributed by atoms with Crippen molar-refractivity contribution in [1.29, 1.82) is 0 Å². The van der Waals surface area contributed by atoms with Gasteiger partial charge in [-0.15, -0.1) is 0 Å². The Morgan fingerprint density at radius 3 is 2.74 bits per heavy atom. The van der Waals surface area contributed by atoms with Crippen molar-refractivity contribution < 1.29 is 14.1 Å². The van der Waals surface area contributed by atoms with E-state index in [0.717, 1.165) is 12.0 Å². The summed E-state index contributed by atoms with van der Waals surface area (Å²) >= 11 is 0. The molecule has 5 atom stereocenters. The molecule has 4 N–H and O–H groups in total. The van der Waals surface area contributed by atoms with Crippen LogP contribution >= 0.6 is 0 Å². The molecule has 2 bridgehead atoms. The molecule has 0 aromatic heterocycles. The Labute approximate surface area is 161 Å². The van der Waals surface area contributed by atoms with E-state index in [0.29, 0.717) is 30.2 Å². The molecule has 3 saturated carbocycles. The van der Waals surface area contributed by atoms with Crippen LogP contribution in [-0.2, 0) is 20.5 Å². The van der Waals surface area contributed by atoms with Gasteiger partial charge in [-0.25, -0.2) is 0 Å². The molecular weight excluding hydrogens is 341 g/mol. The molecule has 146 valence electrons. The average Bonchev–Trinajstić information content (AvgIpc) is 2.99. The second-order valence-electron chi connectivity index (χ2n) is 9.16. The maximum Gasteiger partial charge on any atom is 0.483 e. The van der Waals surface area contributed by atoms with Crippen LogP contribution in [0.1, 0.15) is 39.2 Å². The number of hydrogen-bond donors (Lipinski definition) is 3. The first kappa shape index (κ1) is 18.9. The summed E-state index contributed by atoms with van der Waals surface area (Å²) in [5.74, 6) is 6.39. The Morgan fingerprint density at radius 1 is 1.33 bits per heavy atom. The smallest absolute Gasteiger partial charge is 0.404 e. The fourth-order valence-corrected chi connectivity index (χ4v) is 5.30. The summed E-state index contributed by atoms with van der Waals surface area (Å²) < 4.78 is 12.8. The third-order valence-corrected chi connectivity index (χ3v) is 7.05. The van der Waals surface area contributed by atoms with Crippen LogP contribution < -0.4 is 16.6 Å². The second-order valence-corrected chi connectivity index (χ2v) is 9.16. The lowest BCUT2D eigenvalue weighted by Gasteiger charge is -2.63. The summed E-state index contributed by atoms with van der Waals surface area (Å²) in [6.07, 6.45) is 2.63. The molecule has 1 aliphatic heterocycles. The molecule has 1 amide bonds. The summed E-state index contributed by atoms with van der Waals surface area (Å²) in [5, 5.41) is 3.05. The quantitative estimate of drug-likeness (QED) is 0.400. The van der Waals surface area contributed by atoms with E-state index in [9.17, 15) is 4.79 Å². The van der Waals surface area contributed by atoms with Gasteiger partial charge in [0.25, 0.3) is 0 Å². The number of hydrogen-bond acceptors (Lipinski definition) is 5. The van der Waals surface area contributed by atoms with Gasteiger partial charge in [-0.3, -0.25) is 16.1 Å². The maximum atomic E-state index is 12.5. The number of hydrazine groups is 1. The molecule has 27 heavy (non-hydrogen) atoms. The Kier molecular flexibility index (Phi) is 4.83. The molecule has 1 unspecified atom stereocenters. The predicted octanol–water partition coefficient (Wildman–Crippen LogP) is 1.44. The van der Waals surface area contributed by atoms with Gasteiger partial charge in [0.15, 0.2) is 0 Å². The molecule has 0 radical (unpaired) electrons. The number of carbonyl (C=O) groups excluding carboxylic acids is 1. The zero-order valence-electron chi connectivity index (χ0n) is 16.4. The van der Waals surface area contributed by atoms with Crippen LogP contribution in [0.3, 0.4) is 0 Å². The molecule has 1 heterocycles. The van der Waals surface area contributed by atoms with Crippen LogP contribution in [-0.4, -0.2) is 37.2 Å². The van der Waals surface area contributed by atoms with E-state index in [1.807, 2.05) is 30.3 Å². The molecule has 5 rings (SSSR count). The van der Waals surface area contributed by atoms with Gasteiger partial charge in [0.05, 0.1) is 24.1 Å². The molecule has 4 fully saturated rings. The van der Waals surface area contributed by atoms with E-state index in [-0.39, 0.29) is 23.6 Å². The minimum absolute atomic E-state index is 0.0571. The highest BCUT2D eigenvalue weighted by molar-refractivity contribution is 6.48. The highest BCUT2D eigenvalue weighted by Crippen LogP contribution is 2.64. The summed E-state index contributed by atoms with van der Waals surface area (Å²) in [7, 11) is -0.481. The third kappa shape index (κ3) is 3.31. The normalized spacial score (nSPS) is 34.5. The summed E-state index contributed by atoms with van der Waals surface area (Å²) in [5.41, 5.74) is 3.68. The van der Waals surface area contributed by atoms with Crippen molar-refractivity contribution in [3.05, 3.63) is 35.9 Å². The first-order chi connectivity index (χ1) is 12.8. The molecule has 1 saturated heterocycles. The minimum atomic E-state index is -0.481. The zero-order valence-corrected chi connectivity index (χ0v) is 16.4. The molecule has 0 spiro atoms. The van der Waals surface area contributed by atoms with Crippen molar-refractivity contribution in [2.75, 3.05) is 6.54 Å². The fraction of sp³-hybridized carbons (Fsp3) is 0.650. The lowest BCUT2D eigenvalue weighted by Crippen LogP contribution is -2.63. The van der Waals surface area contributed by atoms with Crippen molar-refractivity contribution in [1.82, 2.24) is 10.7 Å². The summed E-state index contributed by atoms with van der Waals surface area (Å²) in [6, 6.07) is 9.71. The number of nitrogens with two attached hydrogens (primary N) is 1. The standard InChI is InChI=1S/C20H30BN3O3/c1-19(2)14-10-15(19)18-20(3,11-14)27-21(26-18)16(12-23-22)24-17(25)9-13-7-5-4-6-8-13/h4-8,14-16,18,23H,9-12,22H2,1-3H3,(H,24,25)/t14-,15+,16-,18?,20+/m1/s1. The van der Waals surface area contributed by atoms with E-state index in [1.54, 1.807) is 0 Å². The van der Waals surface area contributed by atoms with E-state index in [1.165, 1.54) is 6.42 Å². The van der Waals surface area contributed by atoms with Gasteiger partial charge < -0.3 is 14.6 Å². The van der Waals surface area contributed by atoms with E-state index in [4.69, 9.17) is 15.2 Å². The van der Waals surface area contributed by atoms with Gasteiger partial charge in [0.1, 0.15) is 0 Å². The monoisotopic (exact) mass is 371 g/mol. The van der Waals surface area contributed by atoms with Gasteiger partial charge in [0, 0.05) is 6.54 Å². The minimum Gasteiger partial charge on any atom is -0.404 e. The highest BCUT2D eigenvalue weighted by Gasteiger charge is 2.67. The van der Waals surface area contributed by atoms with Gasteiger partial charge >= 0.3 is 7.12 Å². The number of nitrogens with one attached hydrogen (secondary N) is 2. The van der Waals surface area contributed by atoms with Gasteiger partial charge in [-0.2, -0.15) is 0 Å². The maximum absolute atomic E-state index is 12.5. The summed E-state index contributed by atoms with van der Waals surface area (Å²) in [4.78, 5) is 12.5. The van der Waals surface area contributed by atoms with Crippen molar-refractivity contribution in [2.45, 2.75) is 57.7 Å². The highest BCUT2D eigenvalue weighted by atomic mass is 16.7. The fourth-order valence-electron chi connectivity index (χ4n) is 5.30. The number of benzene rings is 1. The Hall–Kier alpha value is -1.41. The van der Waals surface area contributed by atoms with Crippen LogP contribution in [0.4, 0.5) is 0 Å². The van der Waals surface area contributed by atoms with Crippen molar-refractivity contribution in [2.24, 2.45) is 23.1 Å². The zero-order chi connectivity index (χ0) is 19.2. The van der Waals surface area contributed by atoms with Gasteiger partial charge in [-0.05, 0) is 42.6 Å². The Bertz CT molecular complexity index is 701.